The first-order valence-corrected chi connectivity index (χ1v) is 32.2. The maximum absolute atomic E-state index is 12.8. The molecule has 0 aromatic carbocycles. The predicted molar refractivity (Wildman–Crippen MR) is 330 cm³/mol. The van der Waals surface area contributed by atoms with Crippen LogP contribution in [0.15, 0.2) is 97.2 Å². The van der Waals surface area contributed by atoms with Crippen molar-refractivity contribution in [3.8, 4) is 0 Å². The lowest BCUT2D eigenvalue weighted by Crippen LogP contribution is -2.30. The van der Waals surface area contributed by atoms with Gasteiger partial charge in [-0.2, -0.15) is 0 Å². The van der Waals surface area contributed by atoms with Crippen molar-refractivity contribution < 1.29 is 28.6 Å². The second kappa shape index (κ2) is 63.9. The fraction of sp³-hybridized carbons (Fsp3) is 0.729. The van der Waals surface area contributed by atoms with Crippen molar-refractivity contribution in [2.45, 2.75) is 316 Å². The Morgan fingerprint density at radius 3 is 0.803 bits per heavy atom. The van der Waals surface area contributed by atoms with Gasteiger partial charge in [-0.1, -0.05) is 285 Å². The number of ether oxygens (including phenoxy) is 3. The summed E-state index contributed by atoms with van der Waals surface area (Å²) in [5, 5.41) is 0. The molecule has 1 unspecified atom stereocenters. The van der Waals surface area contributed by atoms with E-state index in [4.69, 9.17) is 14.2 Å². The molecule has 0 rings (SSSR count). The van der Waals surface area contributed by atoms with E-state index in [-0.39, 0.29) is 31.1 Å². The highest BCUT2D eigenvalue weighted by atomic mass is 16.6. The summed E-state index contributed by atoms with van der Waals surface area (Å²) in [6, 6.07) is 0. The molecule has 0 aliphatic rings. The predicted octanol–water partition coefficient (Wildman–Crippen LogP) is 22.0. The van der Waals surface area contributed by atoms with Crippen LogP contribution < -0.4 is 0 Å². The van der Waals surface area contributed by atoms with Crippen LogP contribution in [0.4, 0.5) is 0 Å². The number of allylic oxidation sites excluding steroid dienone is 16. The Labute approximate surface area is 470 Å². The third-order valence-corrected chi connectivity index (χ3v) is 13.8. The number of rotatable bonds is 58. The van der Waals surface area contributed by atoms with Gasteiger partial charge >= 0.3 is 17.9 Å². The van der Waals surface area contributed by atoms with Crippen molar-refractivity contribution in [2.75, 3.05) is 13.2 Å². The molecule has 0 aromatic rings. The molecular formula is C70H120O6. The number of hydrogen-bond acceptors (Lipinski definition) is 6. The van der Waals surface area contributed by atoms with Crippen LogP contribution in [0.5, 0.6) is 0 Å². The van der Waals surface area contributed by atoms with Crippen molar-refractivity contribution in [3.63, 3.8) is 0 Å². The molecule has 6 nitrogen and oxygen atoms in total. The zero-order valence-corrected chi connectivity index (χ0v) is 50.0. The summed E-state index contributed by atoms with van der Waals surface area (Å²) in [5.74, 6) is -0.885. The summed E-state index contributed by atoms with van der Waals surface area (Å²) in [7, 11) is 0. The molecule has 0 aliphatic heterocycles. The fourth-order valence-electron chi connectivity index (χ4n) is 9.01. The molecule has 0 aliphatic carbocycles. The van der Waals surface area contributed by atoms with Gasteiger partial charge in [0.1, 0.15) is 13.2 Å². The van der Waals surface area contributed by atoms with E-state index < -0.39 is 6.10 Å². The topological polar surface area (TPSA) is 78.9 Å². The number of unbranched alkanes of at least 4 members (excludes halogenated alkanes) is 31. The van der Waals surface area contributed by atoms with E-state index in [1.54, 1.807) is 0 Å². The number of carbonyl (C=O) groups is 3. The molecule has 436 valence electrons. The molecule has 0 amide bonds. The molecule has 1 atom stereocenters. The van der Waals surface area contributed by atoms with Crippen molar-refractivity contribution in [3.05, 3.63) is 97.2 Å². The van der Waals surface area contributed by atoms with Crippen LogP contribution in [0.25, 0.3) is 0 Å². The number of esters is 3. The second-order valence-corrected chi connectivity index (χ2v) is 21.3. The maximum atomic E-state index is 12.8. The molecular weight excluding hydrogens is 937 g/mol. The Morgan fingerprint density at radius 1 is 0.276 bits per heavy atom. The van der Waals surface area contributed by atoms with Gasteiger partial charge in [0.25, 0.3) is 0 Å². The smallest absolute Gasteiger partial charge is 0.306 e. The first-order valence-electron chi connectivity index (χ1n) is 32.2. The van der Waals surface area contributed by atoms with E-state index in [2.05, 4.69) is 118 Å². The minimum atomic E-state index is -0.777. The minimum Gasteiger partial charge on any atom is -0.462 e. The summed E-state index contributed by atoms with van der Waals surface area (Å²) >= 11 is 0. The number of carbonyl (C=O) groups excluding carboxylic acids is 3. The van der Waals surface area contributed by atoms with Crippen LogP contribution in [0.1, 0.15) is 310 Å². The van der Waals surface area contributed by atoms with Crippen molar-refractivity contribution in [1.82, 2.24) is 0 Å². The van der Waals surface area contributed by atoms with E-state index in [9.17, 15) is 14.4 Å². The van der Waals surface area contributed by atoms with Gasteiger partial charge in [0.15, 0.2) is 6.10 Å². The standard InChI is InChI=1S/C70H120O6/c1-4-7-10-13-16-18-20-22-24-26-28-30-31-32-33-34-35-36-37-38-39-41-42-44-46-48-50-52-54-57-60-63-69(72)75-66-67(65-74-68(71)62-59-56-15-12-9-6-3)76-70(73)64-61-58-55-53-51-49-47-45-43-40-29-27-25-23-21-19-17-14-11-8-5-2/h7,10,16,18,21-24,27-30,32-33,35-36,67H,4-6,8-9,11-15,17,19-20,25-26,31,34,37-66H2,1-3H3/b10-7-,18-16-,23-21-,24-22-,29-27-,30-28-,33-32-,36-35-. The highest BCUT2D eigenvalue weighted by Gasteiger charge is 2.19. The second-order valence-electron chi connectivity index (χ2n) is 21.3. The molecule has 0 heterocycles. The third kappa shape index (κ3) is 61.2. The molecule has 76 heavy (non-hydrogen) atoms. The van der Waals surface area contributed by atoms with Crippen LogP contribution in [0.2, 0.25) is 0 Å². The highest BCUT2D eigenvalue weighted by Crippen LogP contribution is 2.16. The molecule has 0 spiro atoms. The average molecular weight is 1060 g/mol. The van der Waals surface area contributed by atoms with Gasteiger partial charge in [0.05, 0.1) is 0 Å². The number of hydrogen-bond donors (Lipinski definition) is 0. The van der Waals surface area contributed by atoms with Gasteiger partial charge in [0.2, 0.25) is 0 Å². The van der Waals surface area contributed by atoms with Crippen LogP contribution in [-0.2, 0) is 28.6 Å². The zero-order chi connectivity index (χ0) is 55.0. The quantitative estimate of drug-likeness (QED) is 0.0261. The summed E-state index contributed by atoms with van der Waals surface area (Å²) in [4.78, 5) is 38.0. The van der Waals surface area contributed by atoms with Crippen LogP contribution in [0.3, 0.4) is 0 Å². The van der Waals surface area contributed by atoms with E-state index in [1.807, 2.05) is 0 Å². The lowest BCUT2D eigenvalue weighted by Gasteiger charge is -2.18. The van der Waals surface area contributed by atoms with Crippen LogP contribution >= 0.6 is 0 Å². The first-order chi connectivity index (χ1) is 37.5. The zero-order valence-electron chi connectivity index (χ0n) is 50.0. The van der Waals surface area contributed by atoms with Gasteiger partial charge in [-0.05, 0) is 103 Å². The first kappa shape index (κ1) is 72.3. The highest BCUT2D eigenvalue weighted by molar-refractivity contribution is 5.71. The monoisotopic (exact) mass is 1060 g/mol. The molecule has 6 heteroatoms. The minimum absolute atomic E-state index is 0.0777. The van der Waals surface area contributed by atoms with E-state index in [0.717, 1.165) is 103 Å². The third-order valence-electron chi connectivity index (χ3n) is 13.8. The average Bonchev–Trinajstić information content (AvgIpc) is 3.42. The molecule has 0 saturated carbocycles. The van der Waals surface area contributed by atoms with E-state index in [0.29, 0.717) is 19.3 Å². The maximum Gasteiger partial charge on any atom is 0.306 e. The summed E-state index contributed by atoms with van der Waals surface area (Å²) in [6.07, 6.45) is 85.9. The molecule has 0 bridgehead atoms. The van der Waals surface area contributed by atoms with Crippen LogP contribution in [0, 0.1) is 0 Å². The Kier molecular flexibility index (Phi) is 60.8. The molecule has 0 N–H and O–H groups in total. The molecule has 0 saturated heterocycles. The van der Waals surface area contributed by atoms with E-state index in [1.165, 1.54) is 167 Å². The molecule has 0 aromatic heterocycles. The molecule has 0 fully saturated rings. The largest absolute Gasteiger partial charge is 0.462 e. The Balaban J connectivity index is 4.08. The Hall–Kier alpha value is -3.67. The summed E-state index contributed by atoms with van der Waals surface area (Å²) < 4.78 is 16.8. The summed E-state index contributed by atoms with van der Waals surface area (Å²) in [6.45, 7) is 6.47. The van der Waals surface area contributed by atoms with Crippen LogP contribution in [-0.4, -0.2) is 37.2 Å². The molecule has 0 radical (unpaired) electrons. The lowest BCUT2D eigenvalue weighted by atomic mass is 10.0. The van der Waals surface area contributed by atoms with Gasteiger partial charge in [-0.15, -0.1) is 0 Å². The Bertz CT molecular complexity index is 1490. The summed E-state index contributed by atoms with van der Waals surface area (Å²) in [5.41, 5.74) is 0. The van der Waals surface area contributed by atoms with Gasteiger partial charge < -0.3 is 14.2 Å². The van der Waals surface area contributed by atoms with E-state index >= 15 is 0 Å². The van der Waals surface area contributed by atoms with Crippen molar-refractivity contribution >= 4 is 17.9 Å². The Morgan fingerprint density at radius 2 is 0.513 bits per heavy atom. The SMILES string of the molecule is CC/C=C\C/C=C\C/C=C\C/C=C\C/C=C\C/C=C\CCCCCCCCCCCCCCC(=O)OCC(COC(=O)CCCCCCCC)OC(=O)CCCCCCCCCCC/C=C\C/C=C\CCCCCCC. The lowest BCUT2D eigenvalue weighted by molar-refractivity contribution is -0.167. The fourth-order valence-corrected chi connectivity index (χ4v) is 9.01. The van der Waals surface area contributed by atoms with Gasteiger partial charge in [0, 0.05) is 19.3 Å². The van der Waals surface area contributed by atoms with Crippen molar-refractivity contribution in [1.29, 1.82) is 0 Å². The normalized spacial score (nSPS) is 12.7. The van der Waals surface area contributed by atoms with Crippen molar-refractivity contribution in [2.24, 2.45) is 0 Å². The van der Waals surface area contributed by atoms with Gasteiger partial charge in [-0.3, -0.25) is 14.4 Å². The van der Waals surface area contributed by atoms with Gasteiger partial charge in [-0.25, -0.2) is 0 Å².